The van der Waals surface area contributed by atoms with E-state index in [4.69, 9.17) is 0 Å². The number of benzene rings is 1. The van der Waals surface area contributed by atoms with Crippen molar-refractivity contribution in [3.05, 3.63) is 69.3 Å². The Hall–Kier alpha value is -2.16. The quantitative estimate of drug-likeness (QED) is 0.289. The molecule has 1 N–H and O–H groups in total. The number of carbonyl (C=O) groups is 1. The molecular formula is C20H17BrN4OS2. The molecule has 4 aromatic rings. The number of nitrogens with one attached hydrogen (secondary N) is 1. The summed E-state index contributed by atoms with van der Waals surface area (Å²) in [6, 6.07) is 14.0. The van der Waals surface area contributed by atoms with Crippen molar-refractivity contribution in [1.82, 2.24) is 19.7 Å². The monoisotopic (exact) mass is 472 g/mol. The van der Waals surface area contributed by atoms with Gasteiger partial charge in [0.25, 0.3) is 0 Å². The van der Waals surface area contributed by atoms with Crippen LogP contribution in [0.5, 0.6) is 0 Å². The maximum atomic E-state index is 12.8. The molecule has 0 bridgehead atoms. The first kappa shape index (κ1) is 19.2. The Labute approximate surface area is 179 Å². The molecule has 142 valence electrons. The molecule has 0 spiro atoms. The molecule has 0 aliphatic carbocycles. The van der Waals surface area contributed by atoms with Crippen LogP contribution in [0.3, 0.4) is 0 Å². The summed E-state index contributed by atoms with van der Waals surface area (Å²) in [5.74, 6) is 1.11. The minimum Gasteiger partial charge on any atom is -0.318 e. The molecule has 0 fully saturated rings. The summed E-state index contributed by atoms with van der Waals surface area (Å²) < 4.78 is 3.13. The number of nitrogens with zero attached hydrogens (tertiary/aromatic N) is 3. The highest BCUT2D eigenvalue weighted by Crippen LogP contribution is 2.26. The molecule has 0 aliphatic heterocycles. The van der Waals surface area contributed by atoms with Gasteiger partial charge in [-0.2, -0.15) is 0 Å². The first-order chi connectivity index (χ1) is 13.5. The van der Waals surface area contributed by atoms with Gasteiger partial charge in [-0.15, -0.1) is 16.4 Å². The van der Waals surface area contributed by atoms with E-state index in [9.17, 15) is 4.79 Å². The molecule has 3 aromatic heterocycles. The van der Waals surface area contributed by atoms with E-state index in [-0.39, 0.29) is 5.78 Å². The molecule has 0 saturated carbocycles. The molecule has 4 rings (SSSR count). The van der Waals surface area contributed by atoms with E-state index in [1.165, 1.54) is 11.8 Å². The maximum Gasteiger partial charge on any atom is 0.209 e. The summed E-state index contributed by atoms with van der Waals surface area (Å²) in [6.45, 7) is 4.00. The molecule has 0 saturated heterocycles. The van der Waals surface area contributed by atoms with Gasteiger partial charge in [0.2, 0.25) is 5.16 Å². The topological polar surface area (TPSA) is 63.6 Å². The number of halogens is 1. The second-order valence-electron chi connectivity index (χ2n) is 6.25. The Morgan fingerprint density at radius 3 is 2.75 bits per heavy atom. The molecule has 5 nitrogen and oxygen atoms in total. The number of ketones is 1. The average molecular weight is 473 g/mol. The number of carbonyl (C=O) groups excluding carboxylic acids is 1. The van der Waals surface area contributed by atoms with E-state index in [1.807, 2.05) is 61.7 Å². The van der Waals surface area contributed by atoms with Crippen LogP contribution in [0.1, 0.15) is 21.7 Å². The van der Waals surface area contributed by atoms with Gasteiger partial charge in [0, 0.05) is 27.1 Å². The highest BCUT2D eigenvalue weighted by Gasteiger charge is 2.18. The van der Waals surface area contributed by atoms with Crippen molar-refractivity contribution in [3.8, 4) is 16.4 Å². The van der Waals surface area contributed by atoms with Gasteiger partial charge in [-0.1, -0.05) is 33.8 Å². The molecule has 3 heterocycles. The van der Waals surface area contributed by atoms with Gasteiger partial charge in [-0.25, -0.2) is 4.98 Å². The molecule has 0 aliphatic rings. The molecule has 0 unspecified atom stereocenters. The van der Waals surface area contributed by atoms with E-state index in [0.29, 0.717) is 10.9 Å². The van der Waals surface area contributed by atoms with Crippen molar-refractivity contribution in [2.24, 2.45) is 0 Å². The van der Waals surface area contributed by atoms with E-state index in [1.54, 1.807) is 11.3 Å². The maximum absolute atomic E-state index is 12.8. The van der Waals surface area contributed by atoms with Gasteiger partial charge < -0.3 is 4.57 Å². The standard InChI is InChI=1S/C20H17BrN4OS2/c1-12-10-16(13(2)25(12)15-7-5-14(21)6-8-15)17(26)11-28-20-22-19(23-24-20)18-4-3-9-27-18/h3-10H,11H2,1-2H3,(H,22,23,24). The minimum atomic E-state index is 0.0731. The number of Topliss-reactive ketones (excluding diaryl/α,β-unsaturated/α-hetero) is 1. The first-order valence-corrected chi connectivity index (χ1v) is 11.3. The number of rotatable bonds is 6. The van der Waals surface area contributed by atoms with Crippen LogP contribution in [0.15, 0.2) is 57.5 Å². The van der Waals surface area contributed by atoms with Crippen LogP contribution in [0.4, 0.5) is 0 Å². The largest absolute Gasteiger partial charge is 0.318 e. The Morgan fingerprint density at radius 1 is 1.25 bits per heavy atom. The Morgan fingerprint density at radius 2 is 2.04 bits per heavy atom. The second kappa shape index (κ2) is 8.06. The summed E-state index contributed by atoms with van der Waals surface area (Å²) in [4.78, 5) is 18.3. The van der Waals surface area contributed by atoms with Gasteiger partial charge in [0.15, 0.2) is 11.6 Å². The van der Waals surface area contributed by atoms with Crippen LogP contribution in [0.25, 0.3) is 16.4 Å². The van der Waals surface area contributed by atoms with Crippen molar-refractivity contribution in [2.45, 2.75) is 19.0 Å². The van der Waals surface area contributed by atoms with Crippen LogP contribution in [-0.2, 0) is 0 Å². The van der Waals surface area contributed by atoms with Crippen molar-refractivity contribution in [2.75, 3.05) is 5.75 Å². The third-order valence-electron chi connectivity index (χ3n) is 4.37. The Kier molecular flexibility index (Phi) is 5.52. The SMILES string of the molecule is Cc1cc(C(=O)CSc2n[nH]c(-c3cccs3)n2)c(C)n1-c1ccc(Br)cc1. The number of aromatic nitrogens is 4. The minimum absolute atomic E-state index is 0.0731. The summed E-state index contributed by atoms with van der Waals surface area (Å²) >= 11 is 6.41. The Balaban J connectivity index is 1.50. The van der Waals surface area contributed by atoms with Crippen LogP contribution in [0, 0.1) is 13.8 Å². The molecule has 0 amide bonds. The number of thiophene rings is 1. The zero-order valence-corrected chi connectivity index (χ0v) is 18.5. The normalized spacial score (nSPS) is 11.1. The summed E-state index contributed by atoms with van der Waals surface area (Å²) in [5.41, 5.74) is 3.76. The lowest BCUT2D eigenvalue weighted by Gasteiger charge is -2.10. The smallest absolute Gasteiger partial charge is 0.209 e. The van der Waals surface area contributed by atoms with Gasteiger partial charge in [0.05, 0.1) is 10.6 Å². The summed E-state index contributed by atoms with van der Waals surface area (Å²) in [6.07, 6.45) is 0. The lowest BCUT2D eigenvalue weighted by Crippen LogP contribution is -2.05. The fourth-order valence-electron chi connectivity index (χ4n) is 3.07. The Bertz CT molecular complexity index is 1110. The third-order valence-corrected chi connectivity index (χ3v) is 6.62. The van der Waals surface area contributed by atoms with E-state index in [2.05, 4.69) is 35.7 Å². The predicted octanol–water partition coefficient (Wildman–Crippen LogP) is 5.68. The molecule has 0 radical (unpaired) electrons. The number of thioether (sulfide) groups is 1. The van der Waals surface area contributed by atoms with Crippen LogP contribution in [0.2, 0.25) is 0 Å². The van der Waals surface area contributed by atoms with Crippen molar-refractivity contribution >= 4 is 44.8 Å². The highest BCUT2D eigenvalue weighted by molar-refractivity contribution is 9.10. The van der Waals surface area contributed by atoms with E-state index >= 15 is 0 Å². The van der Waals surface area contributed by atoms with E-state index < -0.39 is 0 Å². The number of hydrogen-bond donors (Lipinski definition) is 1. The van der Waals surface area contributed by atoms with Gasteiger partial charge in [0.1, 0.15) is 0 Å². The van der Waals surface area contributed by atoms with E-state index in [0.717, 1.165) is 37.8 Å². The number of hydrogen-bond acceptors (Lipinski definition) is 5. The summed E-state index contributed by atoms with van der Waals surface area (Å²) in [5, 5.41) is 9.72. The summed E-state index contributed by atoms with van der Waals surface area (Å²) in [7, 11) is 0. The molecule has 8 heteroatoms. The van der Waals surface area contributed by atoms with Gasteiger partial charge in [-0.05, 0) is 55.6 Å². The zero-order chi connectivity index (χ0) is 19.7. The van der Waals surface area contributed by atoms with Crippen molar-refractivity contribution < 1.29 is 4.79 Å². The second-order valence-corrected chi connectivity index (χ2v) is 9.06. The zero-order valence-electron chi connectivity index (χ0n) is 15.3. The fourth-order valence-corrected chi connectivity index (χ4v) is 4.68. The van der Waals surface area contributed by atoms with Crippen molar-refractivity contribution in [3.63, 3.8) is 0 Å². The molecule has 28 heavy (non-hydrogen) atoms. The number of H-pyrrole nitrogens is 1. The van der Waals surface area contributed by atoms with Crippen LogP contribution >= 0.6 is 39.0 Å². The third kappa shape index (κ3) is 3.85. The fraction of sp³-hybridized carbons (Fsp3) is 0.150. The molecular weight excluding hydrogens is 456 g/mol. The molecule has 0 atom stereocenters. The average Bonchev–Trinajstić information content (AvgIpc) is 3.41. The highest BCUT2D eigenvalue weighted by atomic mass is 79.9. The van der Waals surface area contributed by atoms with Crippen LogP contribution in [-0.4, -0.2) is 31.3 Å². The van der Waals surface area contributed by atoms with Gasteiger partial charge in [-0.3, -0.25) is 9.89 Å². The first-order valence-electron chi connectivity index (χ1n) is 8.60. The van der Waals surface area contributed by atoms with Gasteiger partial charge >= 0.3 is 0 Å². The lowest BCUT2D eigenvalue weighted by molar-refractivity contribution is 0.102. The van der Waals surface area contributed by atoms with Crippen molar-refractivity contribution in [1.29, 1.82) is 0 Å². The number of aryl methyl sites for hydroxylation is 1. The molecule has 1 aromatic carbocycles. The lowest BCUT2D eigenvalue weighted by atomic mass is 10.2. The van der Waals surface area contributed by atoms with Crippen LogP contribution < -0.4 is 0 Å². The predicted molar refractivity (Wildman–Crippen MR) is 118 cm³/mol. The number of aromatic amines is 1.